The number of nitrogen functional groups attached to an aromatic ring is 1. The molecule has 2 rings (SSSR count). The van der Waals surface area contributed by atoms with Crippen molar-refractivity contribution in [1.82, 2.24) is 0 Å². The van der Waals surface area contributed by atoms with E-state index in [1.54, 1.807) is 18.2 Å². The summed E-state index contributed by atoms with van der Waals surface area (Å²) in [7, 11) is 0. The largest absolute Gasteiger partial charge is 0.399 e. The van der Waals surface area contributed by atoms with Crippen molar-refractivity contribution in [3.8, 4) is 0 Å². The molecule has 1 aliphatic heterocycles. The van der Waals surface area contributed by atoms with Crippen LogP contribution in [0.3, 0.4) is 0 Å². The predicted molar refractivity (Wildman–Crippen MR) is 62.2 cm³/mol. The molecule has 1 aliphatic rings. The molecular weight excluding hydrogens is 206 g/mol. The van der Waals surface area contributed by atoms with Crippen molar-refractivity contribution in [2.24, 2.45) is 5.73 Å². The summed E-state index contributed by atoms with van der Waals surface area (Å²) < 4.78 is 5.25. The number of hydrogen-bond donors (Lipinski definition) is 3. The molecule has 1 unspecified atom stereocenters. The number of carbonyl (C=O) groups excluding carboxylic acids is 1. The topological polar surface area (TPSA) is 90.4 Å². The van der Waals surface area contributed by atoms with Crippen LogP contribution in [0.25, 0.3) is 0 Å². The SMILES string of the molecule is NC(=O)c1ccc(N)cc1NC1CCOC1. The number of anilines is 2. The van der Waals surface area contributed by atoms with Gasteiger partial charge < -0.3 is 21.5 Å². The van der Waals surface area contributed by atoms with Crippen LogP contribution >= 0.6 is 0 Å². The average molecular weight is 221 g/mol. The number of nitrogens with one attached hydrogen (secondary N) is 1. The summed E-state index contributed by atoms with van der Waals surface area (Å²) in [4.78, 5) is 11.2. The second-order valence-corrected chi connectivity index (χ2v) is 3.87. The first kappa shape index (κ1) is 10.8. The number of nitrogens with two attached hydrogens (primary N) is 2. The molecule has 1 aromatic rings. The van der Waals surface area contributed by atoms with Crippen LogP contribution in [-0.4, -0.2) is 25.2 Å². The van der Waals surface area contributed by atoms with Gasteiger partial charge in [0.2, 0.25) is 0 Å². The maximum atomic E-state index is 11.2. The van der Waals surface area contributed by atoms with Gasteiger partial charge in [-0.05, 0) is 24.6 Å². The molecule has 1 saturated heterocycles. The van der Waals surface area contributed by atoms with Crippen molar-refractivity contribution >= 4 is 17.3 Å². The van der Waals surface area contributed by atoms with Gasteiger partial charge in [0, 0.05) is 18.0 Å². The lowest BCUT2D eigenvalue weighted by Gasteiger charge is -2.15. The molecule has 86 valence electrons. The quantitative estimate of drug-likeness (QED) is 0.651. The molecule has 0 aromatic heterocycles. The Morgan fingerprint density at radius 3 is 2.94 bits per heavy atom. The summed E-state index contributed by atoms with van der Waals surface area (Å²) >= 11 is 0. The van der Waals surface area contributed by atoms with Gasteiger partial charge in [-0.2, -0.15) is 0 Å². The number of primary amides is 1. The third-order valence-electron chi connectivity index (χ3n) is 2.60. The van der Waals surface area contributed by atoms with Crippen molar-refractivity contribution < 1.29 is 9.53 Å². The Hall–Kier alpha value is -1.75. The molecular formula is C11H15N3O2. The van der Waals surface area contributed by atoms with E-state index in [2.05, 4.69) is 5.32 Å². The molecule has 1 amide bonds. The molecule has 0 bridgehead atoms. The normalized spacial score (nSPS) is 19.6. The highest BCUT2D eigenvalue weighted by Gasteiger charge is 2.17. The Morgan fingerprint density at radius 2 is 2.31 bits per heavy atom. The number of hydrogen-bond acceptors (Lipinski definition) is 4. The first-order valence-electron chi connectivity index (χ1n) is 5.20. The Labute approximate surface area is 93.8 Å². The van der Waals surface area contributed by atoms with E-state index in [4.69, 9.17) is 16.2 Å². The smallest absolute Gasteiger partial charge is 0.250 e. The Morgan fingerprint density at radius 1 is 1.50 bits per heavy atom. The van der Waals surface area contributed by atoms with Crippen LogP contribution in [0.1, 0.15) is 16.8 Å². The van der Waals surface area contributed by atoms with Gasteiger partial charge in [0.15, 0.2) is 0 Å². The van der Waals surface area contributed by atoms with Crippen molar-refractivity contribution in [3.63, 3.8) is 0 Å². The first-order chi connectivity index (χ1) is 7.66. The second-order valence-electron chi connectivity index (χ2n) is 3.87. The lowest BCUT2D eigenvalue weighted by atomic mass is 10.1. The minimum absolute atomic E-state index is 0.222. The number of rotatable bonds is 3. The van der Waals surface area contributed by atoms with Gasteiger partial charge >= 0.3 is 0 Å². The molecule has 5 N–H and O–H groups in total. The fraction of sp³-hybridized carbons (Fsp3) is 0.364. The second kappa shape index (κ2) is 4.40. The molecule has 5 heteroatoms. The standard InChI is InChI=1S/C11H15N3O2/c12-7-1-2-9(11(13)15)10(5-7)14-8-3-4-16-6-8/h1-2,5,8,14H,3-4,6,12H2,(H2,13,15). The van der Waals surface area contributed by atoms with Gasteiger partial charge in [-0.15, -0.1) is 0 Å². The van der Waals surface area contributed by atoms with Crippen molar-refractivity contribution in [3.05, 3.63) is 23.8 Å². The van der Waals surface area contributed by atoms with Crippen molar-refractivity contribution in [2.75, 3.05) is 24.3 Å². The van der Waals surface area contributed by atoms with Crippen LogP contribution in [0, 0.1) is 0 Å². The van der Waals surface area contributed by atoms with Gasteiger partial charge in [-0.25, -0.2) is 0 Å². The number of benzene rings is 1. The third-order valence-corrected chi connectivity index (χ3v) is 2.60. The summed E-state index contributed by atoms with van der Waals surface area (Å²) in [5.74, 6) is -0.457. The molecule has 0 aliphatic carbocycles. The van der Waals surface area contributed by atoms with Gasteiger partial charge in [0.25, 0.3) is 5.91 Å². The first-order valence-corrected chi connectivity index (χ1v) is 5.20. The summed E-state index contributed by atoms with van der Waals surface area (Å²) in [5.41, 5.74) is 12.7. The van der Waals surface area contributed by atoms with Crippen LogP contribution in [0.2, 0.25) is 0 Å². The molecule has 1 heterocycles. The zero-order chi connectivity index (χ0) is 11.5. The van der Waals surface area contributed by atoms with E-state index in [1.807, 2.05) is 0 Å². The van der Waals surface area contributed by atoms with Crippen LogP contribution in [0.15, 0.2) is 18.2 Å². The average Bonchev–Trinajstić information content (AvgIpc) is 2.70. The Kier molecular flexibility index (Phi) is 2.96. The van der Waals surface area contributed by atoms with E-state index in [9.17, 15) is 4.79 Å². The van der Waals surface area contributed by atoms with Crippen molar-refractivity contribution in [2.45, 2.75) is 12.5 Å². The van der Waals surface area contributed by atoms with Crippen molar-refractivity contribution in [1.29, 1.82) is 0 Å². The molecule has 1 aromatic carbocycles. The maximum Gasteiger partial charge on any atom is 0.250 e. The molecule has 16 heavy (non-hydrogen) atoms. The minimum Gasteiger partial charge on any atom is -0.399 e. The van der Waals surface area contributed by atoms with Gasteiger partial charge in [0.05, 0.1) is 18.2 Å². The Balaban J connectivity index is 2.22. The molecule has 1 atom stereocenters. The van der Waals surface area contributed by atoms with E-state index >= 15 is 0 Å². The maximum absolute atomic E-state index is 11.2. The van der Waals surface area contributed by atoms with E-state index in [0.717, 1.165) is 13.0 Å². The van der Waals surface area contributed by atoms with E-state index in [-0.39, 0.29) is 6.04 Å². The molecule has 0 spiro atoms. The highest BCUT2D eigenvalue weighted by Crippen LogP contribution is 2.21. The summed E-state index contributed by atoms with van der Waals surface area (Å²) in [5, 5.41) is 3.23. The fourth-order valence-corrected chi connectivity index (χ4v) is 1.76. The van der Waals surface area contributed by atoms with Gasteiger partial charge in [-0.1, -0.05) is 0 Å². The number of carbonyl (C=O) groups is 1. The van der Waals surface area contributed by atoms with Crippen LogP contribution < -0.4 is 16.8 Å². The van der Waals surface area contributed by atoms with E-state index < -0.39 is 5.91 Å². The molecule has 1 fully saturated rings. The van der Waals surface area contributed by atoms with E-state index in [1.165, 1.54) is 0 Å². The molecule has 0 radical (unpaired) electrons. The number of amides is 1. The monoisotopic (exact) mass is 221 g/mol. The highest BCUT2D eigenvalue weighted by molar-refractivity contribution is 5.99. The minimum atomic E-state index is -0.457. The zero-order valence-corrected chi connectivity index (χ0v) is 8.90. The molecule has 0 saturated carbocycles. The Bertz CT molecular complexity index is 400. The van der Waals surface area contributed by atoms with Gasteiger partial charge in [0.1, 0.15) is 0 Å². The molecule has 5 nitrogen and oxygen atoms in total. The lowest BCUT2D eigenvalue weighted by Crippen LogP contribution is -2.22. The lowest BCUT2D eigenvalue weighted by molar-refractivity contribution is 0.100. The van der Waals surface area contributed by atoms with Crippen LogP contribution in [-0.2, 0) is 4.74 Å². The number of ether oxygens (including phenoxy) is 1. The van der Waals surface area contributed by atoms with Gasteiger partial charge in [-0.3, -0.25) is 4.79 Å². The summed E-state index contributed by atoms with van der Waals surface area (Å²) in [6.07, 6.45) is 0.924. The van der Waals surface area contributed by atoms with Crippen LogP contribution in [0.4, 0.5) is 11.4 Å². The zero-order valence-electron chi connectivity index (χ0n) is 8.90. The summed E-state index contributed by atoms with van der Waals surface area (Å²) in [6, 6.07) is 5.24. The highest BCUT2D eigenvalue weighted by atomic mass is 16.5. The predicted octanol–water partition coefficient (Wildman–Crippen LogP) is 0.568. The fourth-order valence-electron chi connectivity index (χ4n) is 1.76. The summed E-state index contributed by atoms with van der Waals surface area (Å²) in [6.45, 7) is 1.39. The third kappa shape index (κ3) is 2.25. The van der Waals surface area contributed by atoms with E-state index in [0.29, 0.717) is 23.5 Å². The van der Waals surface area contributed by atoms with Crippen LogP contribution in [0.5, 0.6) is 0 Å².